The van der Waals surface area contributed by atoms with Crippen molar-refractivity contribution >= 4 is 40.6 Å². The lowest BCUT2D eigenvalue weighted by atomic mass is 9.92. The summed E-state index contributed by atoms with van der Waals surface area (Å²) in [7, 11) is 1.86. The highest BCUT2D eigenvalue weighted by Crippen LogP contribution is 2.44. The van der Waals surface area contributed by atoms with Crippen LogP contribution in [-0.2, 0) is 4.79 Å². The number of hydrogen-bond acceptors (Lipinski definition) is 8. The summed E-state index contributed by atoms with van der Waals surface area (Å²) in [6.07, 6.45) is 2.04. The van der Waals surface area contributed by atoms with Crippen molar-refractivity contribution in [3.8, 4) is 0 Å². The zero-order chi connectivity index (χ0) is 25.0. The van der Waals surface area contributed by atoms with E-state index in [1.54, 1.807) is 6.92 Å². The van der Waals surface area contributed by atoms with Gasteiger partial charge in [0.05, 0.1) is 22.6 Å². The van der Waals surface area contributed by atoms with E-state index < -0.39 is 17.6 Å². The van der Waals surface area contributed by atoms with E-state index in [0.717, 1.165) is 18.4 Å². The van der Waals surface area contributed by atoms with Crippen LogP contribution in [0.3, 0.4) is 0 Å². The molecule has 1 aromatic carbocycles. The number of likely N-dealkylation sites (N-methyl/N-ethyl adjacent to an activating group) is 1. The molecule has 1 aromatic rings. The summed E-state index contributed by atoms with van der Waals surface area (Å²) in [5.41, 5.74) is 4.27. The number of unbranched alkanes of at least 4 members (excludes halogenated alkanes) is 1. The second-order valence-corrected chi connectivity index (χ2v) is 9.71. The molecule has 2 heterocycles. The van der Waals surface area contributed by atoms with Gasteiger partial charge in [0.1, 0.15) is 5.57 Å². The number of carbonyl (C=O) groups is 2. The lowest BCUT2D eigenvalue weighted by Gasteiger charge is -2.36. The largest absolute Gasteiger partial charge is 0.478 e. The number of anilines is 3. The maximum atomic E-state index is 16.1. The first-order valence-corrected chi connectivity index (χ1v) is 12.4. The Kier molecular flexibility index (Phi) is 8.62. The summed E-state index contributed by atoms with van der Waals surface area (Å²) in [5.74, 6) is 3.05. The van der Waals surface area contributed by atoms with Crippen molar-refractivity contribution in [1.82, 2.24) is 5.32 Å². The van der Waals surface area contributed by atoms with Gasteiger partial charge in [-0.15, -0.1) is 11.8 Å². The van der Waals surface area contributed by atoms with Crippen LogP contribution in [0.5, 0.6) is 0 Å². The van der Waals surface area contributed by atoms with E-state index in [9.17, 15) is 14.7 Å². The number of rotatable bonds is 6. The van der Waals surface area contributed by atoms with Crippen LogP contribution in [0, 0.1) is 12.7 Å². The van der Waals surface area contributed by atoms with Crippen LogP contribution in [0.25, 0.3) is 0 Å². The van der Waals surface area contributed by atoms with E-state index in [1.807, 2.05) is 36.1 Å². The molecule has 2 aliphatic heterocycles. The molecule has 34 heavy (non-hydrogen) atoms. The molecule has 3 rings (SSSR count). The predicted molar refractivity (Wildman–Crippen MR) is 137 cm³/mol. The quantitative estimate of drug-likeness (QED) is 0.269. The van der Waals surface area contributed by atoms with Crippen molar-refractivity contribution in [1.29, 1.82) is 0 Å². The molecule has 0 unspecified atom stereocenters. The molecule has 0 radical (unpaired) electrons. The number of carbonyl (C=O) groups excluding carboxylic acids is 1. The standard InChI is InChI=1S/C24H34FN5O3S/c1-5-6-7-16-18(24(32)33)23(31)17-15(3)21(29(4)12-14(2)13-34-16)22(19(25)20(17)28-26)30-10-8-27-9-11-30/h13,27-28H,5-12,26H2,1-4H3,(H,32,33)/b14-13+,18-16-. The molecule has 10 heteroatoms. The Bertz CT molecular complexity index is 1030. The van der Waals surface area contributed by atoms with Gasteiger partial charge in [0.25, 0.3) is 0 Å². The van der Waals surface area contributed by atoms with E-state index in [0.29, 0.717) is 61.0 Å². The molecule has 0 atom stereocenters. The van der Waals surface area contributed by atoms with Crippen LogP contribution in [0.1, 0.15) is 49.0 Å². The number of carboxylic acids is 1. The maximum Gasteiger partial charge on any atom is 0.340 e. The third-order valence-corrected chi connectivity index (χ3v) is 7.40. The monoisotopic (exact) mass is 491 g/mol. The summed E-state index contributed by atoms with van der Waals surface area (Å²) in [5, 5.41) is 15.2. The van der Waals surface area contributed by atoms with Crippen molar-refractivity contribution in [3.63, 3.8) is 0 Å². The Labute approximate surface area is 204 Å². The van der Waals surface area contributed by atoms with Crippen molar-refractivity contribution in [2.45, 2.75) is 40.0 Å². The van der Waals surface area contributed by atoms with E-state index in [1.165, 1.54) is 11.8 Å². The Morgan fingerprint density at radius 2 is 1.97 bits per heavy atom. The Balaban J connectivity index is 2.37. The first-order valence-electron chi connectivity index (χ1n) is 11.6. The van der Waals surface area contributed by atoms with Crippen LogP contribution < -0.4 is 26.4 Å². The third kappa shape index (κ3) is 5.08. The molecule has 186 valence electrons. The topological polar surface area (TPSA) is 111 Å². The minimum absolute atomic E-state index is 0.0349. The molecule has 0 spiro atoms. The molecule has 2 aliphatic rings. The number of benzene rings is 1. The SMILES string of the molecule is CCCC/C1=C(/C(=O)O)C(=O)c2c(C)c(c(N3CCNCC3)c(F)c2NN)N(C)C/C(C)=C/S1. The van der Waals surface area contributed by atoms with Crippen LogP contribution in [0.15, 0.2) is 21.5 Å². The molecule has 0 aliphatic carbocycles. The van der Waals surface area contributed by atoms with Gasteiger partial charge in [0.2, 0.25) is 5.78 Å². The number of allylic oxidation sites excluding steroid dienone is 1. The van der Waals surface area contributed by atoms with E-state index in [4.69, 9.17) is 5.84 Å². The van der Waals surface area contributed by atoms with Gasteiger partial charge in [-0.05, 0) is 43.2 Å². The normalized spacial score (nSPS) is 21.1. The molecule has 8 nitrogen and oxygen atoms in total. The predicted octanol–water partition coefficient (Wildman–Crippen LogP) is 3.63. The van der Waals surface area contributed by atoms with Gasteiger partial charge in [-0.25, -0.2) is 9.18 Å². The number of carboxylic acid groups (broad SMARTS) is 1. The van der Waals surface area contributed by atoms with Gasteiger partial charge in [-0.2, -0.15) is 0 Å². The first-order chi connectivity index (χ1) is 16.2. The molecule has 5 N–H and O–H groups in total. The highest BCUT2D eigenvalue weighted by molar-refractivity contribution is 8.05. The number of hydrogen-bond donors (Lipinski definition) is 4. The van der Waals surface area contributed by atoms with Crippen molar-refractivity contribution in [3.05, 3.63) is 38.4 Å². The number of nitrogens with zero attached hydrogens (tertiary/aromatic N) is 2. The number of nitrogens with two attached hydrogens (primary N) is 1. The average Bonchev–Trinajstić information content (AvgIpc) is 2.81. The number of thioether (sulfide) groups is 1. The zero-order valence-corrected chi connectivity index (χ0v) is 21.1. The number of fused-ring (bicyclic) bond motifs is 2. The van der Waals surface area contributed by atoms with Crippen LogP contribution in [-0.4, -0.2) is 56.6 Å². The maximum absolute atomic E-state index is 16.1. The minimum atomic E-state index is -1.32. The van der Waals surface area contributed by atoms with E-state index in [-0.39, 0.29) is 16.8 Å². The second-order valence-electron chi connectivity index (χ2n) is 8.74. The Morgan fingerprint density at radius 1 is 1.29 bits per heavy atom. The molecule has 1 saturated heterocycles. The molecule has 0 amide bonds. The number of nitrogens with one attached hydrogen (secondary N) is 2. The summed E-state index contributed by atoms with van der Waals surface area (Å²) in [4.78, 5) is 30.5. The number of aliphatic carboxylic acids is 1. The van der Waals surface area contributed by atoms with Gasteiger partial charge >= 0.3 is 5.97 Å². The lowest BCUT2D eigenvalue weighted by Crippen LogP contribution is -2.45. The number of hydrazine groups is 1. The Morgan fingerprint density at radius 3 is 2.56 bits per heavy atom. The third-order valence-electron chi connectivity index (χ3n) is 6.18. The second kappa shape index (κ2) is 11.2. The number of ketones is 1. The minimum Gasteiger partial charge on any atom is -0.478 e. The van der Waals surface area contributed by atoms with E-state index >= 15 is 4.39 Å². The number of Topliss-reactive ketones (excluding diaryl/α,β-unsaturated/α-hetero) is 1. The van der Waals surface area contributed by atoms with Gasteiger partial charge in [0, 0.05) is 44.7 Å². The van der Waals surface area contributed by atoms with Crippen LogP contribution in [0.4, 0.5) is 21.5 Å². The molecule has 1 fully saturated rings. The zero-order valence-electron chi connectivity index (χ0n) is 20.3. The summed E-state index contributed by atoms with van der Waals surface area (Å²) >= 11 is 1.26. The van der Waals surface area contributed by atoms with Crippen molar-refractivity contribution < 1.29 is 19.1 Å². The van der Waals surface area contributed by atoms with Crippen LogP contribution in [0.2, 0.25) is 0 Å². The number of nitrogen functional groups attached to an aromatic ring is 1. The van der Waals surface area contributed by atoms with Gasteiger partial charge in [0.15, 0.2) is 5.82 Å². The summed E-state index contributed by atoms with van der Waals surface area (Å²) < 4.78 is 16.1. The summed E-state index contributed by atoms with van der Waals surface area (Å²) in [6.45, 7) is 8.80. The van der Waals surface area contributed by atoms with Gasteiger partial charge in [-0.3, -0.25) is 10.6 Å². The Hall–Kier alpha value is -2.56. The summed E-state index contributed by atoms with van der Waals surface area (Å²) in [6, 6.07) is 0. The van der Waals surface area contributed by atoms with Gasteiger partial charge in [-0.1, -0.05) is 13.3 Å². The number of piperazine rings is 1. The fraction of sp³-hybridized carbons (Fsp3) is 0.500. The fourth-order valence-electron chi connectivity index (χ4n) is 4.59. The highest BCUT2D eigenvalue weighted by atomic mass is 32.2. The molecule has 2 bridgehead atoms. The number of halogens is 1. The molecular formula is C24H34FN5O3S. The molecule has 0 aromatic heterocycles. The molecular weight excluding hydrogens is 457 g/mol. The van der Waals surface area contributed by atoms with Crippen molar-refractivity contribution in [2.24, 2.45) is 5.84 Å². The first kappa shape index (κ1) is 26.1. The average molecular weight is 492 g/mol. The molecule has 0 saturated carbocycles. The van der Waals surface area contributed by atoms with Crippen molar-refractivity contribution in [2.75, 3.05) is 55.0 Å². The fourth-order valence-corrected chi connectivity index (χ4v) is 5.57. The smallest absolute Gasteiger partial charge is 0.340 e. The highest BCUT2D eigenvalue weighted by Gasteiger charge is 2.34. The van der Waals surface area contributed by atoms with E-state index in [2.05, 4.69) is 10.7 Å². The lowest BCUT2D eigenvalue weighted by molar-refractivity contribution is -0.132. The van der Waals surface area contributed by atoms with Gasteiger partial charge < -0.3 is 25.6 Å². The van der Waals surface area contributed by atoms with Crippen LogP contribution >= 0.6 is 11.8 Å².